The third-order valence-corrected chi connectivity index (χ3v) is 8.44. The van der Waals surface area contributed by atoms with Gasteiger partial charge in [0.25, 0.3) is 0 Å². The molecule has 2 saturated carbocycles. The van der Waals surface area contributed by atoms with Crippen molar-refractivity contribution in [3.05, 3.63) is 35.5 Å². The van der Waals surface area contributed by atoms with E-state index in [1.807, 2.05) is 32.2 Å². The number of hydrogen-bond donors (Lipinski definition) is 1. The van der Waals surface area contributed by atoms with Crippen LogP contribution < -0.4 is 5.32 Å². The quantitative estimate of drug-likeness (QED) is 0.427. The molecule has 3 fully saturated rings. The minimum absolute atomic E-state index is 0.336. The van der Waals surface area contributed by atoms with Crippen LogP contribution in [0.5, 0.6) is 0 Å². The van der Waals surface area contributed by atoms with Crippen molar-refractivity contribution in [1.82, 2.24) is 4.98 Å². The van der Waals surface area contributed by atoms with Gasteiger partial charge in [0.05, 0.1) is 12.1 Å². The number of rotatable bonds is 6. The highest BCUT2D eigenvalue weighted by Gasteiger charge is 2.44. The zero-order valence-electron chi connectivity index (χ0n) is 20.7. The topological polar surface area (TPSA) is 52.6 Å². The van der Waals surface area contributed by atoms with Gasteiger partial charge >= 0.3 is 0 Å². The average molecular weight is 487 g/mol. The van der Waals surface area contributed by atoms with Gasteiger partial charge in [-0.1, -0.05) is 37.3 Å². The largest absolute Gasteiger partial charge is 0.384 e. The summed E-state index contributed by atoms with van der Waals surface area (Å²) in [6.45, 7) is 5.67. The number of halogens is 1. The molecule has 1 aromatic carbocycles. The molecule has 5 rings (SSSR count). The summed E-state index contributed by atoms with van der Waals surface area (Å²) < 4.78 is 6.10. The van der Waals surface area contributed by atoms with Crippen LogP contribution in [0.15, 0.2) is 30.5 Å². The number of fused-ring (bicyclic) bond motifs is 1. The van der Waals surface area contributed by atoms with E-state index in [9.17, 15) is 0 Å². The number of aromatic nitrogens is 1. The monoisotopic (exact) mass is 486 g/mol. The number of benzene rings is 1. The minimum Gasteiger partial charge on any atom is -0.384 e. The summed E-state index contributed by atoms with van der Waals surface area (Å²) in [6, 6.07) is 8.02. The van der Waals surface area contributed by atoms with Gasteiger partial charge in [-0.2, -0.15) is 0 Å². The van der Waals surface area contributed by atoms with E-state index in [0.717, 1.165) is 53.1 Å². The molecular weight excluding hydrogens is 448 g/mol. The number of pyridine rings is 1. The Morgan fingerprint density at radius 3 is 2.35 bits per heavy atom. The standard InChI is InChI=1S/C28H39ClN2O3/c1-27(2)19-32-28(34-33-27)14-11-21(12-15-28)4-3-20-5-7-22(8-6-20)18-31-25-13-16-30-26-17-23(29)9-10-24(25)26/h9-10,13,16-17,20-22H,3-8,11-12,14-15,18-19H2,1-2H3,(H,30,31). The third kappa shape index (κ3) is 5.87. The molecule has 0 unspecified atom stereocenters. The van der Waals surface area contributed by atoms with E-state index in [1.54, 1.807) is 0 Å². The molecule has 34 heavy (non-hydrogen) atoms. The van der Waals surface area contributed by atoms with Crippen LogP contribution in [0.25, 0.3) is 10.9 Å². The second-order valence-corrected chi connectivity index (χ2v) is 11.9. The molecule has 2 aromatic rings. The molecule has 1 spiro atoms. The molecule has 0 radical (unpaired) electrons. The number of nitrogens with zero attached hydrogens (tertiary/aromatic N) is 1. The summed E-state index contributed by atoms with van der Waals surface area (Å²) >= 11 is 6.13. The first-order valence-corrected chi connectivity index (χ1v) is 13.6. The Hall–Kier alpha value is -1.40. The van der Waals surface area contributed by atoms with Crippen molar-refractivity contribution < 1.29 is 14.5 Å². The molecule has 0 bridgehead atoms. The lowest BCUT2D eigenvalue weighted by atomic mass is 9.76. The number of ether oxygens (including phenoxy) is 1. The molecule has 5 nitrogen and oxygen atoms in total. The Bertz CT molecular complexity index is 953. The van der Waals surface area contributed by atoms with Crippen LogP contribution in [0, 0.1) is 17.8 Å². The van der Waals surface area contributed by atoms with Crippen LogP contribution in [0.4, 0.5) is 5.69 Å². The normalized spacial score (nSPS) is 31.6. The first-order chi connectivity index (χ1) is 16.4. The average Bonchev–Trinajstić information content (AvgIpc) is 2.85. The number of hydrogen-bond acceptors (Lipinski definition) is 5. The van der Waals surface area contributed by atoms with Crippen molar-refractivity contribution in [1.29, 1.82) is 0 Å². The van der Waals surface area contributed by atoms with Gasteiger partial charge < -0.3 is 10.1 Å². The van der Waals surface area contributed by atoms with Crippen molar-refractivity contribution in [3.63, 3.8) is 0 Å². The molecule has 1 saturated heterocycles. The fraction of sp³-hybridized carbons (Fsp3) is 0.679. The first kappa shape index (κ1) is 24.3. The van der Waals surface area contributed by atoms with Crippen LogP contribution >= 0.6 is 11.6 Å². The van der Waals surface area contributed by atoms with E-state index in [1.165, 1.54) is 57.1 Å². The predicted octanol–water partition coefficient (Wildman–Crippen LogP) is 7.53. The van der Waals surface area contributed by atoms with E-state index in [2.05, 4.69) is 22.4 Å². The van der Waals surface area contributed by atoms with Gasteiger partial charge in [0, 0.05) is 41.7 Å². The van der Waals surface area contributed by atoms with Crippen LogP contribution in [0.1, 0.15) is 78.1 Å². The highest BCUT2D eigenvalue weighted by molar-refractivity contribution is 6.31. The molecule has 6 heteroatoms. The van der Waals surface area contributed by atoms with Crippen molar-refractivity contribution >= 4 is 28.2 Å². The smallest absolute Gasteiger partial charge is 0.201 e. The molecule has 1 aliphatic heterocycles. The van der Waals surface area contributed by atoms with Gasteiger partial charge in [0.1, 0.15) is 5.60 Å². The Morgan fingerprint density at radius 2 is 1.65 bits per heavy atom. The van der Waals surface area contributed by atoms with Crippen molar-refractivity contribution in [3.8, 4) is 0 Å². The molecule has 186 valence electrons. The summed E-state index contributed by atoms with van der Waals surface area (Å²) in [6.07, 6.45) is 14.3. The lowest BCUT2D eigenvalue weighted by Gasteiger charge is -2.45. The van der Waals surface area contributed by atoms with Gasteiger partial charge in [-0.25, -0.2) is 9.78 Å². The lowest BCUT2D eigenvalue weighted by molar-refractivity contribution is -0.512. The molecule has 2 heterocycles. The maximum atomic E-state index is 6.13. The Morgan fingerprint density at radius 1 is 0.941 bits per heavy atom. The predicted molar refractivity (Wildman–Crippen MR) is 137 cm³/mol. The van der Waals surface area contributed by atoms with E-state index in [4.69, 9.17) is 26.1 Å². The molecule has 1 N–H and O–H groups in total. The molecule has 0 atom stereocenters. The Labute approximate surface area is 208 Å². The molecular formula is C28H39ClN2O3. The third-order valence-electron chi connectivity index (χ3n) is 8.20. The van der Waals surface area contributed by atoms with Crippen LogP contribution in [0.2, 0.25) is 5.02 Å². The number of anilines is 1. The highest BCUT2D eigenvalue weighted by Crippen LogP contribution is 2.42. The van der Waals surface area contributed by atoms with Gasteiger partial charge in [-0.15, -0.1) is 0 Å². The zero-order valence-corrected chi connectivity index (χ0v) is 21.4. The molecule has 2 aliphatic carbocycles. The van der Waals surface area contributed by atoms with E-state index in [0.29, 0.717) is 6.61 Å². The maximum Gasteiger partial charge on any atom is 0.201 e. The van der Waals surface area contributed by atoms with E-state index in [-0.39, 0.29) is 5.60 Å². The van der Waals surface area contributed by atoms with E-state index < -0.39 is 5.79 Å². The fourth-order valence-electron chi connectivity index (χ4n) is 5.90. The molecule has 0 amide bonds. The summed E-state index contributed by atoms with van der Waals surface area (Å²) in [5.74, 6) is 1.97. The maximum absolute atomic E-state index is 6.13. The SMILES string of the molecule is CC1(C)COC2(CCC(CCC3CCC(CNc4ccnc5cc(Cl)ccc45)CC3)CC2)OO1. The highest BCUT2D eigenvalue weighted by atomic mass is 35.5. The van der Waals surface area contributed by atoms with Gasteiger partial charge in [-0.3, -0.25) is 4.98 Å². The van der Waals surface area contributed by atoms with Gasteiger partial charge in [0.15, 0.2) is 0 Å². The Kier molecular flexibility index (Phi) is 7.36. The van der Waals surface area contributed by atoms with Crippen LogP contribution in [-0.4, -0.2) is 29.5 Å². The number of nitrogens with one attached hydrogen (secondary N) is 1. The van der Waals surface area contributed by atoms with Crippen molar-refractivity contribution in [2.75, 3.05) is 18.5 Å². The zero-order chi connectivity index (χ0) is 23.6. The van der Waals surface area contributed by atoms with Gasteiger partial charge in [-0.05, 0) is 81.5 Å². The van der Waals surface area contributed by atoms with Crippen LogP contribution in [0.3, 0.4) is 0 Å². The minimum atomic E-state index is -0.483. The summed E-state index contributed by atoms with van der Waals surface area (Å²) in [4.78, 5) is 15.8. The molecule has 3 aliphatic rings. The van der Waals surface area contributed by atoms with Crippen LogP contribution in [-0.2, 0) is 14.5 Å². The first-order valence-electron chi connectivity index (χ1n) is 13.2. The Balaban J connectivity index is 1.01. The summed E-state index contributed by atoms with van der Waals surface area (Å²) in [5.41, 5.74) is 1.78. The van der Waals surface area contributed by atoms with Crippen molar-refractivity contribution in [2.24, 2.45) is 17.8 Å². The summed E-state index contributed by atoms with van der Waals surface area (Å²) in [5, 5.41) is 5.57. The van der Waals surface area contributed by atoms with E-state index >= 15 is 0 Å². The summed E-state index contributed by atoms with van der Waals surface area (Å²) in [7, 11) is 0. The molecule has 1 aromatic heterocycles. The fourth-order valence-corrected chi connectivity index (χ4v) is 6.07. The lowest BCUT2D eigenvalue weighted by Crippen LogP contribution is -2.50. The van der Waals surface area contributed by atoms with Gasteiger partial charge in [0.2, 0.25) is 5.79 Å². The van der Waals surface area contributed by atoms with Crippen molar-refractivity contribution in [2.45, 2.75) is 89.4 Å². The second kappa shape index (κ2) is 10.3. The second-order valence-electron chi connectivity index (χ2n) is 11.4.